The maximum absolute atomic E-state index is 12.3. The zero-order chi connectivity index (χ0) is 10.3. The largest absolute Gasteiger partial charge is 0.478 e. The molecule has 0 unspecified atom stereocenters. The van der Waals surface area contributed by atoms with Crippen LogP contribution in [0.3, 0.4) is 0 Å². The number of carboxylic acid groups (broad SMARTS) is 1. The van der Waals surface area contributed by atoms with Crippen molar-refractivity contribution in [1.29, 1.82) is 0 Å². The number of nitrogens with one attached hydrogen (secondary N) is 1. The van der Waals surface area contributed by atoms with Gasteiger partial charge < -0.3 is 15.5 Å². The summed E-state index contributed by atoms with van der Waals surface area (Å²) in [5, 5.41) is 18.5. The Balaban J connectivity index is 3.51. The highest BCUT2D eigenvalue weighted by molar-refractivity contribution is 5.79. The summed E-state index contributed by atoms with van der Waals surface area (Å²) in [7, 11) is 0. The molecule has 76 valence electrons. The van der Waals surface area contributed by atoms with Crippen molar-refractivity contribution in [2.75, 3.05) is 19.7 Å². The Morgan fingerprint density at radius 1 is 1.54 bits per heavy atom. The van der Waals surface area contributed by atoms with Gasteiger partial charge in [-0.15, -0.1) is 0 Å². The van der Waals surface area contributed by atoms with E-state index in [0.717, 1.165) is 6.08 Å². The summed E-state index contributed by atoms with van der Waals surface area (Å²) in [5.41, 5.74) is 0. The summed E-state index contributed by atoms with van der Waals surface area (Å²) in [6.07, 6.45) is 2.06. The van der Waals surface area contributed by atoms with Crippen LogP contribution in [0.5, 0.6) is 0 Å². The fraction of sp³-hybridized carbons (Fsp3) is 0.571. The highest BCUT2D eigenvalue weighted by Gasteiger charge is 2.26. The molecule has 0 aliphatic heterocycles. The quantitative estimate of drug-likeness (QED) is 0.407. The van der Waals surface area contributed by atoms with Crippen molar-refractivity contribution in [2.24, 2.45) is 0 Å². The van der Waals surface area contributed by atoms with E-state index in [-0.39, 0.29) is 6.54 Å². The number of aliphatic hydroxyl groups is 1. The number of aliphatic hydroxyl groups excluding tert-OH is 1. The third kappa shape index (κ3) is 7.35. The minimum Gasteiger partial charge on any atom is -0.478 e. The van der Waals surface area contributed by atoms with E-state index in [1.54, 1.807) is 0 Å². The van der Waals surface area contributed by atoms with Crippen LogP contribution < -0.4 is 5.32 Å². The summed E-state index contributed by atoms with van der Waals surface area (Å²) in [5.74, 6) is -4.28. The van der Waals surface area contributed by atoms with Gasteiger partial charge in [0.2, 0.25) is 0 Å². The fourth-order valence-corrected chi connectivity index (χ4v) is 0.554. The topological polar surface area (TPSA) is 69.6 Å². The molecule has 0 saturated heterocycles. The second-order valence-corrected chi connectivity index (χ2v) is 2.39. The lowest BCUT2D eigenvalue weighted by molar-refractivity contribution is -0.131. The minimum atomic E-state index is -3.16. The third-order valence-electron chi connectivity index (χ3n) is 1.14. The molecule has 0 saturated carbocycles. The molecule has 0 aliphatic rings. The number of aliphatic carboxylic acids is 1. The molecule has 6 heteroatoms. The number of hydrogen-bond donors (Lipinski definition) is 3. The van der Waals surface area contributed by atoms with Crippen molar-refractivity contribution in [1.82, 2.24) is 5.32 Å². The molecule has 0 fully saturated rings. The van der Waals surface area contributed by atoms with Gasteiger partial charge >= 0.3 is 5.97 Å². The maximum atomic E-state index is 12.3. The molecule has 0 amide bonds. The fourth-order valence-electron chi connectivity index (χ4n) is 0.554. The van der Waals surface area contributed by atoms with E-state index in [1.807, 2.05) is 0 Å². The molecule has 3 N–H and O–H groups in total. The number of alkyl halides is 2. The molecular formula is C7H11F2NO3. The third-order valence-corrected chi connectivity index (χ3v) is 1.14. The normalized spacial score (nSPS) is 12.2. The lowest BCUT2D eigenvalue weighted by Crippen LogP contribution is -2.35. The Morgan fingerprint density at radius 2 is 2.15 bits per heavy atom. The van der Waals surface area contributed by atoms with Crippen LogP contribution in [-0.2, 0) is 4.79 Å². The van der Waals surface area contributed by atoms with E-state index in [2.05, 4.69) is 5.32 Å². The number of halogens is 2. The van der Waals surface area contributed by atoms with Gasteiger partial charge in [0.25, 0.3) is 5.92 Å². The van der Waals surface area contributed by atoms with Crippen molar-refractivity contribution in [3.8, 4) is 0 Å². The van der Waals surface area contributed by atoms with Gasteiger partial charge in [0, 0.05) is 12.6 Å². The molecule has 0 aromatic rings. The molecule has 0 radical (unpaired) electrons. The maximum Gasteiger partial charge on any atom is 0.328 e. The first kappa shape index (κ1) is 12.0. The van der Waals surface area contributed by atoms with Crippen molar-refractivity contribution in [3.05, 3.63) is 12.2 Å². The van der Waals surface area contributed by atoms with E-state index in [4.69, 9.17) is 10.2 Å². The van der Waals surface area contributed by atoms with Gasteiger partial charge in [-0.3, -0.25) is 0 Å². The highest BCUT2D eigenvalue weighted by atomic mass is 19.3. The molecule has 0 aliphatic carbocycles. The Morgan fingerprint density at radius 3 is 2.62 bits per heavy atom. The van der Waals surface area contributed by atoms with Gasteiger partial charge in [-0.05, 0) is 0 Å². The summed E-state index contributed by atoms with van der Waals surface area (Å²) in [6.45, 7) is -1.86. The zero-order valence-electron chi connectivity index (χ0n) is 6.83. The predicted molar refractivity (Wildman–Crippen MR) is 41.7 cm³/mol. The number of rotatable bonds is 6. The first-order valence-corrected chi connectivity index (χ1v) is 3.57. The first-order valence-electron chi connectivity index (χ1n) is 3.57. The molecule has 0 aromatic heterocycles. The Labute approximate surface area is 73.9 Å². The van der Waals surface area contributed by atoms with Gasteiger partial charge in [0.1, 0.15) is 6.61 Å². The van der Waals surface area contributed by atoms with Gasteiger partial charge in [0.05, 0.1) is 6.54 Å². The summed E-state index contributed by atoms with van der Waals surface area (Å²) in [6, 6.07) is 0. The molecule has 0 spiro atoms. The Hall–Kier alpha value is -1.01. The lowest BCUT2D eigenvalue weighted by Gasteiger charge is -2.12. The number of hydrogen-bond acceptors (Lipinski definition) is 3. The summed E-state index contributed by atoms with van der Waals surface area (Å²) in [4.78, 5) is 9.91. The van der Waals surface area contributed by atoms with Crippen molar-refractivity contribution in [2.45, 2.75) is 5.92 Å². The smallest absolute Gasteiger partial charge is 0.328 e. The first-order chi connectivity index (χ1) is 5.98. The van der Waals surface area contributed by atoms with Crippen molar-refractivity contribution >= 4 is 5.97 Å². The van der Waals surface area contributed by atoms with Crippen LogP contribution >= 0.6 is 0 Å². The van der Waals surface area contributed by atoms with Crippen molar-refractivity contribution < 1.29 is 23.8 Å². The average molecular weight is 195 g/mol. The SMILES string of the molecule is O=C(O)/C=C/CNCC(F)(F)CO. The van der Waals surface area contributed by atoms with Crippen LogP contribution in [0.2, 0.25) is 0 Å². The highest BCUT2D eigenvalue weighted by Crippen LogP contribution is 2.09. The zero-order valence-corrected chi connectivity index (χ0v) is 6.83. The van der Waals surface area contributed by atoms with Crippen LogP contribution in [-0.4, -0.2) is 41.8 Å². The van der Waals surface area contributed by atoms with E-state index in [0.29, 0.717) is 0 Å². The molecule has 0 aromatic carbocycles. The van der Waals surface area contributed by atoms with Gasteiger partial charge in [0.15, 0.2) is 0 Å². The molecule has 0 bridgehead atoms. The van der Waals surface area contributed by atoms with Gasteiger partial charge in [-0.25, -0.2) is 13.6 Å². The molecular weight excluding hydrogens is 184 g/mol. The van der Waals surface area contributed by atoms with Crippen molar-refractivity contribution in [3.63, 3.8) is 0 Å². The van der Waals surface area contributed by atoms with Crippen LogP contribution in [0.1, 0.15) is 0 Å². The molecule has 0 heterocycles. The van der Waals surface area contributed by atoms with E-state index in [1.165, 1.54) is 6.08 Å². The van der Waals surface area contributed by atoms with E-state index < -0.39 is 25.0 Å². The van der Waals surface area contributed by atoms with E-state index in [9.17, 15) is 13.6 Å². The molecule has 0 atom stereocenters. The second-order valence-electron chi connectivity index (χ2n) is 2.39. The molecule has 4 nitrogen and oxygen atoms in total. The molecule has 0 rings (SSSR count). The predicted octanol–water partition coefficient (Wildman–Crippen LogP) is -0.156. The van der Waals surface area contributed by atoms with Crippen LogP contribution in [0.4, 0.5) is 8.78 Å². The minimum absolute atomic E-state index is 0.0297. The number of carboxylic acids is 1. The monoisotopic (exact) mass is 195 g/mol. The average Bonchev–Trinajstić information content (AvgIpc) is 2.03. The molecule has 13 heavy (non-hydrogen) atoms. The van der Waals surface area contributed by atoms with Crippen LogP contribution in [0, 0.1) is 0 Å². The second kappa shape index (κ2) is 5.60. The van der Waals surface area contributed by atoms with Gasteiger partial charge in [-0.1, -0.05) is 6.08 Å². The summed E-state index contributed by atoms with van der Waals surface area (Å²) >= 11 is 0. The van der Waals surface area contributed by atoms with Crippen LogP contribution in [0.25, 0.3) is 0 Å². The van der Waals surface area contributed by atoms with Gasteiger partial charge in [-0.2, -0.15) is 0 Å². The Kier molecular flexibility index (Phi) is 5.17. The number of carbonyl (C=O) groups is 1. The lowest BCUT2D eigenvalue weighted by atomic mass is 10.3. The van der Waals surface area contributed by atoms with E-state index >= 15 is 0 Å². The summed E-state index contributed by atoms with van der Waals surface area (Å²) < 4.78 is 24.6. The Bertz CT molecular complexity index is 194. The standard InChI is InChI=1S/C7H11F2NO3/c8-7(9,5-11)4-10-3-1-2-6(12)13/h1-2,10-11H,3-5H2,(H,12,13)/b2-1+. The van der Waals surface area contributed by atoms with Crippen LogP contribution in [0.15, 0.2) is 12.2 Å².